The average Bonchev–Trinajstić information content (AvgIpc) is 1.93. The first-order valence-corrected chi connectivity index (χ1v) is 2.78. The lowest BCUT2D eigenvalue weighted by Crippen LogP contribution is -2.26. The van der Waals surface area contributed by atoms with Gasteiger partial charge in [0.1, 0.15) is 0 Å². The fourth-order valence-corrected chi connectivity index (χ4v) is 0.565. The van der Waals surface area contributed by atoms with Crippen LogP contribution in [0.3, 0.4) is 0 Å². The summed E-state index contributed by atoms with van der Waals surface area (Å²) in [5, 5.41) is 13.9. The van der Waals surface area contributed by atoms with Gasteiger partial charge in [0.2, 0.25) is 0 Å². The van der Waals surface area contributed by atoms with Gasteiger partial charge in [0.15, 0.2) is 10.9 Å². The van der Waals surface area contributed by atoms with Crippen LogP contribution in [0.4, 0.5) is 0 Å². The van der Waals surface area contributed by atoms with Gasteiger partial charge < -0.3 is 9.94 Å². The molecule has 1 rings (SSSR count). The van der Waals surface area contributed by atoms with Crippen molar-refractivity contribution in [3.05, 3.63) is 27.8 Å². The maximum Gasteiger partial charge on any atom is 0.287 e. The predicted molar refractivity (Wildman–Crippen MR) is 33.8 cm³/mol. The summed E-state index contributed by atoms with van der Waals surface area (Å²) >= 11 is 0. The van der Waals surface area contributed by atoms with E-state index in [1.54, 1.807) is 13.8 Å². The molecule has 1 aromatic rings. The van der Waals surface area contributed by atoms with Gasteiger partial charge in [-0.2, -0.15) is 0 Å². The second-order valence-corrected chi connectivity index (χ2v) is 2.00. The van der Waals surface area contributed by atoms with Crippen LogP contribution >= 0.6 is 0 Å². The van der Waals surface area contributed by atoms with Gasteiger partial charge >= 0.3 is 0 Å². The second-order valence-electron chi connectivity index (χ2n) is 2.00. The molecule has 0 aromatic carbocycles. The molecule has 0 bridgehead atoms. The van der Waals surface area contributed by atoms with Crippen LogP contribution in [0.5, 0.6) is 0 Å². The fraction of sp³-hybridized carbons (Fsp3) is 0.400. The van der Waals surface area contributed by atoms with E-state index >= 15 is 0 Å². The molecule has 0 saturated heterocycles. The van der Waals surface area contributed by atoms with E-state index in [1.165, 1.54) is 0 Å². The minimum atomic E-state index is 0.331. The summed E-state index contributed by atoms with van der Waals surface area (Å²) in [5.41, 5.74) is 0.711. The fourth-order valence-electron chi connectivity index (χ4n) is 0.565. The maximum atomic E-state index is 10.7. The Morgan fingerprint density at radius 1 is 1.70 bits per heavy atom. The minimum absolute atomic E-state index is 0.331. The lowest BCUT2D eigenvalue weighted by atomic mass is 10.4. The zero-order chi connectivity index (χ0) is 7.72. The van der Waals surface area contributed by atoms with Crippen LogP contribution in [0.1, 0.15) is 11.4 Å². The first-order chi connectivity index (χ1) is 4.63. The number of hydrogen-bond acceptors (Lipinski definition) is 3. The summed E-state index contributed by atoms with van der Waals surface area (Å²) in [6, 6.07) is 0. The molecule has 5 heteroatoms. The molecule has 1 heterocycles. The molecular formula is C5H7N3O2. The van der Waals surface area contributed by atoms with Crippen LogP contribution < -0.4 is 4.54 Å². The summed E-state index contributed by atoms with van der Waals surface area (Å²) in [6.07, 6.45) is 0.940. The van der Waals surface area contributed by atoms with Crippen molar-refractivity contribution in [1.82, 2.24) is 9.83 Å². The van der Waals surface area contributed by atoms with Crippen molar-refractivity contribution in [2.45, 2.75) is 13.8 Å². The van der Waals surface area contributed by atoms with Crippen LogP contribution in [0.25, 0.3) is 0 Å². The van der Waals surface area contributed by atoms with E-state index in [9.17, 15) is 10.1 Å². The Labute approximate surface area is 57.1 Å². The normalized spacial score (nSPS) is 9.80. The summed E-state index contributed by atoms with van der Waals surface area (Å²) < 4.78 is 0.980. The van der Waals surface area contributed by atoms with E-state index < -0.39 is 0 Å². The van der Waals surface area contributed by atoms with Crippen LogP contribution in [-0.4, -0.2) is 9.83 Å². The lowest BCUT2D eigenvalue weighted by molar-refractivity contribution is -0.573. The molecule has 0 atom stereocenters. The largest absolute Gasteiger partial charge is 0.804 e. The van der Waals surface area contributed by atoms with E-state index in [0.29, 0.717) is 20.7 Å². The SMILES string of the molecule is Cc1c(C)[n+](=O)ncn1[O-]. The third-order valence-corrected chi connectivity index (χ3v) is 1.40. The third kappa shape index (κ3) is 0.854. The Morgan fingerprint density at radius 2 is 2.30 bits per heavy atom. The molecule has 0 saturated carbocycles. The summed E-state index contributed by atoms with van der Waals surface area (Å²) in [5.74, 6) is 0. The number of nitrogens with zero attached hydrogens (tertiary/aromatic N) is 3. The standard InChI is InChI=1S/C5H7N3O2/c1-4-5(2)8(10)6-3-7(4)9/h3H,1-2H3. The summed E-state index contributed by atoms with van der Waals surface area (Å²) in [4.78, 5) is 10.6. The Balaban J connectivity index is 3.49. The van der Waals surface area contributed by atoms with Crippen molar-refractivity contribution in [3.63, 3.8) is 0 Å². The van der Waals surface area contributed by atoms with E-state index in [-0.39, 0.29) is 0 Å². The molecule has 10 heavy (non-hydrogen) atoms. The van der Waals surface area contributed by atoms with Crippen molar-refractivity contribution in [3.8, 4) is 0 Å². The first-order valence-electron chi connectivity index (χ1n) is 2.78. The van der Waals surface area contributed by atoms with E-state index in [2.05, 4.69) is 5.10 Å². The van der Waals surface area contributed by atoms with Crippen LogP contribution in [-0.2, 0) is 0 Å². The Morgan fingerprint density at radius 3 is 2.80 bits per heavy atom. The molecule has 0 amide bonds. The van der Waals surface area contributed by atoms with Gasteiger partial charge in [0.05, 0.1) is 15.7 Å². The van der Waals surface area contributed by atoms with E-state index in [4.69, 9.17) is 0 Å². The zero-order valence-corrected chi connectivity index (χ0v) is 5.74. The Kier molecular flexibility index (Phi) is 1.41. The highest BCUT2D eigenvalue weighted by atomic mass is 16.5. The molecule has 1 aromatic heterocycles. The highest BCUT2D eigenvalue weighted by molar-refractivity contribution is 5.01. The van der Waals surface area contributed by atoms with Crippen LogP contribution in [0, 0.1) is 24.0 Å². The third-order valence-electron chi connectivity index (χ3n) is 1.40. The first kappa shape index (κ1) is 6.73. The quantitative estimate of drug-likeness (QED) is 0.468. The highest BCUT2D eigenvalue weighted by Crippen LogP contribution is 1.94. The summed E-state index contributed by atoms with van der Waals surface area (Å²) in [6.45, 7) is 3.11. The van der Waals surface area contributed by atoms with Gasteiger partial charge in [0.25, 0.3) is 5.69 Å². The second kappa shape index (κ2) is 2.09. The van der Waals surface area contributed by atoms with Gasteiger partial charge in [-0.05, 0) is 6.92 Å². The summed E-state index contributed by atoms with van der Waals surface area (Å²) in [7, 11) is 0. The number of rotatable bonds is 0. The predicted octanol–water partition coefficient (Wildman–Crippen LogP) is -0.240. The van der Waals surface area contributed by atoms with E-state index in [0.717, 1.165) is 6.33 Å². The van der Waals surface area contributed by atoms with Gasteiger partial charge in [-0.15, -0.1) is 0 Å². The molecular weight excluding hydrogens is 134 g/mol. The molecule has 0 aliphatic rings. The molecule has 0 aliphatic heterocycles. The minimum Gasteiger partial charge on any atom is -0.804 e. The maximum absolute atomic E-state index is 10.7. The average molecular weight is 141 g/mol. The van der Waals surface area contributed by atoms with E-state index in [1.807, 2.05) is 0 Å². The molecule has 0 aliphatic carbocycles. The zero-order valence-electron chi connectivity index (χ0n) is 5.74. The molecule has 5 nitrogen and oxygen atoms in total. The van der Waals surface area contributed by atoms with Crippen LogP contribution in [0.15, 0.2) is 6.33 Å². The van der Waals surface area contributed by atoms with Crippen molar-refractivity contribution < 1.29 is 4.54 Å². The van der Waals surface area contributed by atoms with Gasteiger partial charge in [-0.25, -0.2) is 0 Å². The Hall–Kier alpha value is -1.39. The lowest BCUT2D eigenvalue weighted by Gasteiger charge is -2.08. The van der Waals surface area contributed by atoms with Crippen molar-refractivity contribution in [2.75, 3.05) is 0 Å². The van der Waals surface area contributed by atoms with Gasteiger partial charge in [-0.3, -0.25) is 0 Å². The number of hydrogen-bond donors (Lipinski definition) is 0. The topological polar surface area (TPSA) is 63.8 Å². The number of aromatic nitrogens is 3. The van der Waals surface area contributed by atoms with Crippen LogP contribution in [0.2, 0.25) is 0 Å². The smallest absolute Gasteiger partial charge is 0.287 e. The molecule has 0 fully saturated rings. The highest BCUT2D eigenvalue weighted by Gasteiger charge is 2.06. The molecule has 0 spiro atoms. The molecule has 0 radical (unpaired) electrons. The molecule has 0 unspecified atom stereocenters. The van der Waals surface area contributed by atoms with Crippen molar-refractivity contribution >= 4 is 0 Å². The van der Waals surface area contributed by atoms with Crippen molar-refractivity contribution in [1.29, 1.82) is 0 Å². The molecule has 0 N–H and O–H groups in total. The monoisotopic (exact) mass is 141 g/mol. The Bertz CT molecular complexity index is 304. The van der Waals surface area contributed by atoms with Gasteiger partial charge in [0, 0.05) is 6.92 Å². The molecule has 54 valence electrons. The van der Waals surface area contributed by atoms with Crippen molar-refractivity contribution in [2.24, 2.45) is 0 Å². The van der Waals surface area contributed by atoms with Gasteiger partial charge in [-0.1, -0.05) is 0 Å².